The molecule has 0 fully saturated rings. The van der Waals surface area contributed by atoms with Crippen LogP contribution in [-0.4, -0.2) is 15.5 Å². The van der Waals surface area contributed by atoms with E-state index in [0.29, 0.717) is 11.2 Å². The number of aromatic nitrogens is 2. The van der Waals surface area contributed by atoms with Gasteiger partial charge in [-0.2, -0.15) is 0 Å². The molecule has 5 nitrogen and oxygen atoms in total. The summed E-state index contributed by atoms with van der Waals surface area (Å²) in [7, 11) is 0. The lowest BCUT2D eigenvalue weighted by Gasteiger charge is -2.15. The fraction of sp³-hybridized carbons (Fsp3) is 0.381. The maximum absolute atomic E-state index is 12.9. The van der Waals surface area contributed by atoms with Crippen molar-refractivity contribution in [3.05, 3.63) is 56.4 Å². The van der Waals surface area contributed by atoms with E-state index in [2.05, 4.69) is 31.1 Å². The molecular weight excluding hydrogens is 358 g/mol. The highest BCUT2D eigenvalue weighted by Crippen LogP contribution is 2.23. The minimum atomic E-state index is -0.206. The molecule has 1 aromatic carbocycles. The lowest BCUT2D eigenvalue weighted by Crippen LogP contribution is -2.30. The van der Waals surface area contributed by atoms with Gasteiger partial charge in [0.05, 0.1) is 5.39 Å². The number of nitrogens with one attached hydrogen (secondary N) is 1. The van der Waals surface area contributed by atoms with Crippen molar-refractivity contribution in [2.75, 3.05) is 5.32 Å². The largest absolute Gasteiger partial charge is 0.324 e. The number of aryl methyl sites for hydroxylation is 4. The van der Waals surface area contributed by atoms with Crippen molar-refractivity contribution in [1.29, 1.82) is 0 Å². The van der Waals surface area contributed by atoms with Gasteiger partial charge >= 0.3 is 0 Å². The molecule has 3 aromatic rings. The molecule has 0 aliphatic heterocycles. The van der Waals surface area contributed by atoms with Crippen LogP contribution in [0.4, 0.5) is 5.69 Å². The Morgan fingerprint density at radius 3 is 2.41 bits per heavy atom. The molecule has 0 aliphatic carbocycles. The van der Waals surface area contributed by atoms with E-state index in [1.54, 1.807) is 18.3 Å². The van der Waals surface area contributed by atoms with Crippen molar-refractivity contribution >= 4 is 33.1 Å². The molecule has 1 N–H and O–H groups in total. The van der Waals surface area contributed by atoms with Gasteiger partial charge < -0.3 is 5.32 Å². The van der Waals surface area contributed by atoms with Gasteiger partial charge in [0.15, 0.2) is 0 Å². The van der Waals surface area contributed by atoms with Crippen LogP contribution in [0.2, 0.25) is 0 Å². The second-order valence-corrected chi connectivity index (χ2v) is 7.66. The Labute approximate surface area is 163 Å². The number of anilines is 1. The average molecular weight is 384 g/mol. The van der Waals surface area contributed by atoms with Crippen LogP contribution in [0.5, 0.6) is 0 Å². The second kappa shape index (κ2) is 8.05. The van der Waals surface area contributed by atoms with E-state index in [-0.39, 0.29) is 18.0 Å². The molecule has 27 heavy (non-hydrogen) atoms. The van der Waals surface area contributed by atoms with Crippen molar-refractivity contribution in [1.82, 2.24) is 9.55 Å². The maximum atomic E-state index is 12.9. The zero-order chi connectivity index (χ0) is 19.6. The molecule has 0 aliphatic rings. The normalized spacial score (nSPS) is 11.1. The predicted molar refractivity (Wildman–Crippen MR) is 112 cm³/mol. The summed E-state index contributed by atoms with van der Waals surface area (Å²) in [5.41, 5.74) is 2.93. The highest BCUT2D eigenvalue weighted by atomic mass is 32.1. The number of carbonyl (C=O) groups excluding carboxylic acids is 1. The molecule has 0 radical (unpaired) electrons. The zero-order valence-electron chi connectivity index (χ0n) is 16.3. The molecular formula is C21H25N3O2S. The van der Waals surface area contributed by atoms with Gasteiger partial charge in [-0.25, -0.2) is 4.98 Å². The fourth-order valence-electron chi connectivity index (χ4n) is 3.25. The van der Waals surface area contributed by atoms with Gasteiger partial charge in [-0.1, -0.05) is 39.0 Å². The van der Waals surface area contributed by atoms with Crippen molar-refractivity contribution in [2.24, 2.45) is 0 Å². The van der Waals surface area contributed by atoms with E-state index < -0.39 is 0 Å². The molecule has 1 amide bonds. The van der Waals surface area contributed by atoms with Crippen molar-refractivity contribution in [3.8, 4) is 0 Å². The minimum absolute atomic E-state index is 0.0356. The first-order valence-corrected chi connectivity index (χ1v) is 10.2. The summed E-state index contributed by atoms with van der Waals surface area (Å²) in [5.74, 6) is 0.356. The summed E-state index contributed by atoms with van der Waals surface area (Å²) in [5, 5.41) is 3.62. The van der Waals surface area contributed by atoms with E-state index in [4.69, 9.17) is 0 Å². The third kappa shape index (κ3) is 3.81. The summed E-state index contributed by atoms with van der Waals surface area (Å²) in [6, 6.07) is 7.96. The Balaban J connectivity index is 1.92. The van der Waals surface area contributed by atoms with Crippen LogP contribution in [0.1, 0.15) is 42.6 Å². The van der Waals surface area contributed by atoms with E-state index >= 15 is 0 Å². The molecule has 0 saturated carbocycles. The molecule has 0 bridgehead atoms. The van der Waals surface area contributed by atoms with Crippen LogP contribution >= 0.6 is 11.3 Å². The molecule has 0 atom stereocenters. The Morgan fingerprint density at radius 2 is 1.81 bits per heavy atom. The van der Waals surface area contributed by atoms with Gasteiger partial charge in [-0.3, -0.25) is 14.2 Å². The highest BCUT2D eigenvalue weighted by molar-refractivity contribution is 7.18. The van der Waals surface area contributed by atoms with Crippen molar-refractivity contribution in [2.45, 2.75) is 53.5 Å². The summed E-state index contributed by atoms with van der Waals surface area (Å²) < 4.78 is 1.46. The van der Waals surface area contributed by atoms with Gasteiger partial charge in [0.2, 0.25) is 5.91 Å². The van der Waals surface area contributed by atoms with Crippen LogP contribution < -0.4 is 10.9 Å². The summed E-state index contributed by atoms with van der Waals surface area (Å²) in [6.45, 7) is 7.93. The Kier molecular flexibility index (Phi) is 5.75. The maximum Gasteiger partial charge on any atom is 0.262 e. The quantitative estimate of drug-likeness (QED) is 0.697. The molecule has 2 aromatic heterocycles. The minimum Gasteiger partial charge on any atom is -0.324 e. The summed E-state index contributed by atoms with van der Waals surface area (Å²) in [4.78, 5) is 32.0. The number of rotatable bonds is 6. The van der Waals surface area contributed by atoms with E-state index in [9.17, 15) is 9.59 Å². The third-order valence-electron chi connectivity index (χ3n) is 4.81. The smallest absolute Gasteiger partial charge is 0.262 e. The van der Waals surface area contributed by atoms with Gasteiger partial charge in [0.1, 0.15) is 17.2 Å². The first-order valence-electron chi connectivity index (χ1n) is 9.38. The van der Waals surface area contributed by atoms with E-state index in [0.717, 1.165) is 45.8 Å². The van der Waals surface area contributed by atoms with Gasteiger partial charge in [0, 0.05) is 10.6 Å². The van der Waals surface area contributed by atoms with Gasteiger partial charge in [-0.05, 0) is 43.4 Å². The number of para-hydroxylation sites is 1. The number of hydrogen-bond acceptors (Lipinski definition) is 4. The number of amides is 1. The monoisotopic (exact) mass is 383 g/mol. The number of thiophene rings is 1. The number of nitrogens with zero attached hydrogens (tertiary/aromatic N) is 2. The standard InChI is InChI=1S/C21H25N3O2S/c1-5-14-9-8-10-15(6-2)19(14)23-18(25)12-24-13(4)22-20-17(21(24)26)11-16(7-3)27-20/h8-11H,5-7,12H2,1-4H3,(H,23,25). The molecule has 0 saturated heterocycles. The topological polar surface area (TPSA) is 64.0 Å². The molecule has 0 unspecified atom stereocenters. The number of benzene rings is 1. The van der Waals surface area contributed by atoms with Gasteiger partial charge in [-0.15, -0.1) is 11.3 Å². The lowest BCUT2D eigenvalue weighted by molar-refractivity contribution is -0.116. The van der Waals surface area contributed by atoms with E-state index in [1.165, 1.54) is 4.57 Å². The van der Waals surface area contributed by atoms with Crippen molar-refractivity contribution < 1.29 is 4.79 Å². The SMILES string of the molecule is CCc1cc2c(=O)n(CC(=O)Nc3c(CC)cccc3CC)c(C)nc2s1. The average Bonchev–Trinajstić information content (AvgIpc) is 3.08. The Hall–Kier alpha value is -2.47. The van der Waals surface area contributed by atoms with Crippen LogP contribution in [-0.2, 0) is 30.6 Å². The first-order chi connectivity index (χ1) is 13.0. The third-order valence-corrected chi connectivity index (χ3v) is 5.98. The number of hydrogen-bond donors (Lipinski definition) is 1. The zero-order valence-corrected chi connectivity index (χ0v) is 17.1. The van der Waals surface area contributed by atoms with Crippen molar-refractivity contribution in [3.63, 3.8) is 0 Å². The molecule has 2 heterocycles. The second-order valence-electron chi connectivity index (χ2n) is 6.54. The Bertz CT molecular complexity index is 1030. The number of fused-ring (bicyclic) bond motifs is 1. The fourth-order valence-corrected chi connectivity index (χ4v) is 4.26. The van der Waals surface area contributed by atoms with Crippen LogP contribution in [0.15, 0.2) is 29.1 Å². The summed E-state index contributed by atoms with van der Waals surface area (Å²) in [6.07, 6.45) is 2.54. The molecule has 142 valence electrons. The molecule has 6 heteroatoms. The van der Waals surface area contributed by atoms with E-state index in [1.807, 2.05) is 24.3 Å². The molecule has 0 spiro atoms. The Morgan fingerprint density at radius 1 is 1.15 bits per heavy atom. The first kappa shape index (κ1) is 19.3. The van der Waals surface area contributed by atoms with Crippen LogP contribution in [0.3, 0.4) is 0 Å². The van der Waals surface area contributed by atoms with Crippen LogP contribution in [0.25, 0.3) is 10.2 Å². The van der Waals surface area contributed by atoms with Gasteiger partial charge in [0.25, 0.3) is 5.56 Å². The van der Waals surface area contributed by atoms with Crippen LogP contribution in [0, 0.1) is 6.92 Å². The summed E-state index contributed by atoms with van der Waals surface area (Å²) >= 11 is 1.54. The predicted octanol–water partition coefficient (Wildman–Crippen LogP) is 4.09. The number of carbonyl (C=O) groups is 1. The highest BCUT2D eigenvalue weighted by Gasteiger charge is 2.15. The lowest BCUT2D eigenvalue weighted by atomic mass is 10.0. The molecule has 3 rings (SSSR count).